The van der Waals surface area contributed by atoms with Crippen LogP contribution >= 0.6 is 34.2 Å². The molecule has 0 unspecified atom stereocenters. The SMILES string of the molecule is CC(C)COP(=S)([S-])OCC(C)C.CC(C)COP(=S)([S-])OCC(C)C.CC(C)COP(=S)([S-])OCC(C)C.CCCCCCOP(=S)([S-])OCCCCCC.CCCCCCOP(=S)([S-])OCCCCCC.CCCCCCOP(=S)([S-])OCCCCCC.[Sb+3].[Sb+3]. The largest absolute Gasteiger partial charge is 3.00 e. The molecule has 0 aliphatic heterocycles. The average Bonchev–Trinajstić information content (AvgIpc) is 3.44. The second kappa shape index (κ2) is 77.8. The first-order valence-electron chi connectivity index (χ1n) is 33.5. The van der Waals surface area contributed by atoms with Crippen molar-refractivity contribution in [3.8, 4) is 0 Å². The van der Waals surface area contributed by atoms with Crippen LogP contribution in [-0.2, 0) is 199 Å². The van der Waals surface area contributed by atoms with Crippen molar-refractivity contribution in [1.29, 1.82) is 0 Å². The zero-order valence-electron chi connectivity index (χ0n) is 60.3. The van der Waals surface area contributed by atoms with E-state index in [9.17, 15) is 0 Å². The minimum absolute atomic E-state index is 0. The van der Waals surface area contributed by atoms with E-state index < -0.39 is 34.2 Å². The molecule has 4 radical (unpaired) electrons. The fraction of sp³-hybridized carbons (Fsp3) is 1.00. The van der Waals surface area contributed by atoms with E-state index in [0.29, 0.717) is 115 Å². The second-order valence-electron chi connectivity index (χ2n) is 24.2. The Morgan fingerprint density at radius 2 is 0.315 bits per heavy atom. The number of rotatable bonds is 54. The van der Waals surface area contributed by atoms with Crippen LogP contribution in [0, 0.1) is 35.5 Å². The van der Waals surface area contributed by atoms with E-state index in [0.717, 1.165) is 38.5 Å². The molecular weight excluding hydrogens is 1730 g/mol. The molecule has 0 aromatic carbocycles. The van der Waals surface area contributed by atoms with Crippen LogP contribution < -0.4 is 0 Å². The van der Waals surface area contributed by atoms with Crippen molar-refractivity contribution in [3.05, 3.63) is 0 Å². The van der Waals surface area contributed by atoms with Crippen LogP contribution in [0.2, 0.25) is 0 Å². The van der Waals surface area contributed by atoms with E-state index in [4.69, 9.17) is 199 Å². The minimum atomic E-state index is -2.38. The van der Waals surface area contributed by atoms with Crippen LogP contribution in [0.1, 0.15) is 279 Å². The van der Waals surface area contributed by atoms with Gasteiger partial charge in [-0.25, -0.2) is 0 Å². The van der Waals surface area contributed by atoms with Crippen LogP contribution in [0.5, 0.6) is 0 Å². The van der Waals surface area contributed by atoms with E-state index in [1.165, 1.54) is 116 Å². The van der Waals surface area contributed by atoms with E-state index in [-0.39, 0.29) is 48.9 Å². The van der Waals surface area contributed by atoms with Gasteiger partial charge >= 0.3 is 48.9 Å². The third-order valence-electron chi connectivity index (χ3n) is 10.9. The van der Waals surface area contributed by atoms with Crippen molar-refractivity contribution in [2.24, 2.45) is 35.5 Å². The summed E-state index contributed by atoms with van der Waals surface area (Å²) in [6.45, 7) is 45.5. The van der Waals surface area contributed by atoms with Crippen LogP contribution in [-0.4, -0.2) is 128 Å². The molecule has 0 aromatic rings. The molecule has 0 spiro atoms. The summed E-state index contributed by atoms with van der Waals surface area (Å²) in [7, 11) is 0. The van der Waals surface area contributed by atoms with Crippen LogP contribution in [0.25, 0.3) is 0 Å². The second-order valence-corrected chi connectivity index (χ2v) is 54.1. The van der Waals surface area contributed by atoms with Crippen molar-refractivity contribution in [2.45, 2.75) is 279 Å². The molecule has 556 valence electrons. The van der Waals surface area contributed by atoms with Crippen LogP contribution in [0.15, 0.2) is 0 Å². The Morgan fingerprint density at radius 1 is 0.207 bits per heavy atom. The van der Waals surface area contributed by atoms with Gasteiger partial charge in [-0.15, -0.1) is 0 Å². The predicted octanol–water partition coefficient (Wildman–Crippen LogP) is 23.4. The predicted molar refractivity (Wildman–Crippen MR) is 447 cm³/mol. The Labute approximate surface area is 667 Å². The van der Waals surface area contributed by atoms with Crippen LogP contribution in [0.3, 0.4) is 0 Å². The number of hydrogen-bond donors (Lipinski definition) is 0. The third kappa shape index (κ3) is 108. The topological polar surface area (TPSA) is 111 Å². The molecule has 0 aliphatic rings. The standard InChI is InChI=1S/3C12H27O2PS2.3C8H19O2PS2.2Sb/c3*1-3-5-7-9-11-13-15(16,17)14-12-10-8-6-4-2;3*1-7(2)5-9-11(12,13)10-6-8(3)4;;/h3*3-12H2,1-2H3,(H,16,17);3*7-8H,5-6H2,1-4H3,(H,12,13);;/q;;;;;;2*+3/p-6. The van der Waals surface area contributed by atoms with Gasteiger partial charge in [0.05, 0.1) is 113 Å². The normalized spacial score (nSPS) is 12.1. The summed E-state index contributed by atoms with van der Waals surface area (Å²) in [5.74, 6) is 2.71. The number of unbranched alkanes of at least 4 members (excludes halogenated alkanes) is 18. The summed E-state index contributed by atoms with van der Waals surface area (Å²) < 4.78 is 65.2. The Kier molecular flexibility index (Phi) is 97.2. The monoisotopic (exact) mass is 1860 g/mol. The van der Waals surface area contributed by atoms with Crippen molar-refractivity contribution in [1.82, 2.24) is 0 Å². The summed E-state index contributed by atoms with van der Waals surface area (Å²) >= 11 is 61.5. The fourth-order valence-electron chi connectivity index (χ4n) is 5.90. The van der Waals surface area contributed by atoms with Gasteiger partial charge in [0.2, 0.25) is 0 Å². The van der Waals surface area contributed by atoms with Crippen LogP contribution in [0.4, 0.5) is 0 Å². The van der Waals surface area contributed by atoms with Crippen molar-refractivity contribution >= 4 is 227 Å². The quantitative estimate of drug-likeness (QED) is 0.0249. The van der Waals surface area contributed by atoms with E-state index in [2.05, 4.69) is 125 Å². The molecule has 0 amide bonds. The molecule has 0 aromatic heterocycles. The molecule has 0 fully saturated rings. The number of hydrogen-bond acceptors (Lipinski definition) is 24. The summed E-state index contributed by atoms with van der Waals surface area (Å²) in [4.78, 5) is 0. The van der Waals surface area contributed by atoms with Gasteiger partial charge < -0.3 is 128 Å². The maximum absolute atomic E-state index is 5.50. The molecular formula is C60H132O12P6S12Sb2. The van der Waals surface area contributed by atoms with Gasteiger partial charge in [0.1, 0.15) is 0 Å². The third-order valence-corrected chi connectivity index (χ3v) is 24.3. The zero-order valence-corrected chi connectivity index (χ0v) is 80.6. The maximum Gasteiger partial charge on any atom is 3.00 e. The molecule has 0 bridgehead atoms. The maximum atomic E-state index is 5.50. The first-order valence-corrected chi connectivity index (χ1v) is 55.4. The summed E-state index contributed by atoms with van der Waals surface area (Å²) in [5, 5.41) is 0. The Morgan fingerprint density at radius 3 is 0.413 bits per heavy atom. The molecule has 32 heteroatoms. The fourth-order valence-corrected chi connectivity index (χ4v) is 16.2. The molecule has 0 saturated carbocycles. The van der Waals surface area contributed by atoms with Gasteiger partial charge in [0.15, 0.2) is 0 Å². The first kappa shape index (κ1) is 115. The Hall–Kier alpha value is 7.16. The molecule has 0 rings (SSSR count). The molecule has 12 nitrogen and oxygen atoms in total. The van der Waals surface area contributed by atoms with E-state index in [1.54, 1.807) is 0 Å². The van der Waals surface area contributed by atoms with Gasteiger partial charge in [0.25, 0.3) is 0 Å². The van der Waals surface area contributed by atoms with Gasteiger partial charge in [-0.1, -0.05) is 311 Å². The molecule has 0 aliphatic carbocycles. The molecule has 0 atom stereocenters. The van der Waals surface area contributed by atoms with E-state index >= 15 is 0 Å². The minimum Gasteiger partial charge on any atom is -0.691 e. The molecule has 0 heterocycles. The molecule has 0 N–H and O–H groups in total. The average molecular weight is 1860 g/mol. The van der Waals surface area contributed by atoms with Gasteiger partial charge in [-0.2, -0.15) is 0 Å². The summed E-state index contributed by atoms with van der Waals surface area (Å²) in [6.07, 6.45) is 28.3. The Balaban J connectivity index is -0.000000153. The Bertz CT molecular complexity index is 1550. The molecule has 0 saturated heterocycles. The van der Waals surface area contributed by atoms with Crippen molar-refractivity contribution in [2.75, 3.05) is 79.3 Å². The van der Waals surface area contributed by atoms with E-state index in [1.807, 2.05) is 0 Å². The van der Waals surface area contributed by atoms with Gasteiger partial charge in [-0.3, -0.25) is 0 Å². The molecule has 92 heavy (non-hydrogen) atoms. The van der Waals surface area contributed by atoms with Gasteiger partial charge in [0, 0.05) is 0 Å². The summed E-state index contributed by atoms with van der Waals surface area (Å²) in [6, 6.07) is 0. The smallest absolute Gasteiger partial charge is 0.691 e. The first-order chi connectivity index (χ1) is 41.9. The van der Waals surface area contributed by atoms with Crippen molar-refractivity contribution < 1.29 is 54.3 Å². The summed E-state index contributed by atoms with van der Waals surface area (Å²) in [5.41, 5.74) is -14.3. The van der Waals surface area contributed by atoms with Crippen molar-refractivity contribution in [3.63, 3.8) is 0 Å². The van der Waals surface area contributed by atoms with Gasteiger partial charge in [-0.05, 0) is 74.0 Å². The zero-order chi connectivity index (χ0) is 70.4.